The number of ketones is 1. The summed E-state index contributed by atoms with van der Waals surface area (Å²) in [6.45, 7) is 9.15. The standard InChI is InChI=1S/C31H38O3Si/c1-22-12-11-17-28(32)30-26-19-18-23(21-27(26)29(20-22)33-30)34-35(31(2,3)4,24-13-7-5-8-14-24)25-15-9-6-10-16-25/h5-10,12-16,18-19,23,26-27,29-30H,11,17,20-21H2,1-4H3/b22-12-/t23-,26+,27-,29-,30-/m0/s1. The highest BCUT2D eigenvalue weighted by molar-refractivity contribution is 6.99. The zero-order valence-electron chi connectivity index (χ0n) is 21.4. The zero-order chi connectivity index (χ0) is 24.6. The molecule has 3 aliphatic rings. The third-order valence-electron chi connectivity index (χ3n) is 8.16. The molecule has 0 unspecified atom stereocenters. The lowest BCUT2D eigenvalue weighted by Gasteiger charge is -2.46. The van der Waals surface area contributed by atoms with Gasteiger partial charge in [-0.15, -0.1) is 0 Å². The monoisotopic (exact) mass is 486 g/mol. The summed E-state index contributed by atoms with van der Waals surface area (Å²) in [6, 6.07) is 21.7. The van der Waals surface area contributed by atoms with E-state index >= 15 is 0 Å². The molecule has 1 aliphatic carbocycles. The second-order valence-electron chi connectivity index (χ2n) is 11.5. The van der Waals surface area contributed by atoms with Crippen LogP contribution in [0.15, 0.2) is 84.5 Å². The van der Waals surface area contributed by atoms with Gasteiger partial charge in [-0.3, -0.25) is 4.79 Å². The minimum absolute atomic E-state index is 0.00488. The number of allylic oxidation sites excluding steroid dienone is 1. The number of Topliss-reactive ketones (excluding diaryl/α,β-unsaturated/α-hetero) is 1. The molecule has 0 saturated carbocycles. The first kappa shape index (κ1) is 24.4. The van der Waals surface area contributed by atoms with E-state index in [0.717, 1.165) is 19.3 Å². The van der Waals surface area contributed by atoms with E-state index in [1.54, 1.807) is 0 Å². The van der Waals surface area contributed by atoms with Crippen LogP contribution in [0.5, 0.6) is 0 Å². The number of benzene rings is 2. The van der Waals surface area contributed by atoms with Gasteiger partial charge in [0.25, 0.3) is 8.32 Å². The molecule has 2 aromatic carbocycles. The first-order chi connectivity index (χ1) is 16.8. The third-order valence-corrected chi connectivity index (χ3v) is 13.2. The minimum atomic E-state index is -2.64. The topological polar surface area (TPSA) is 35.5 Å². The Morgan fingerprint density at radius 3 is 2.17 bits per heavy atom. The molecule has 184 valence electrons. The van der Waals surface area contributed by atoms with Crippen molar-refractivity contribution >= 4 is 24.5 Å². The maximum Gasteiger partial charge on any atom is 0.261 e. The zero-order valence-corrected chi connectivity index (χ0v) is 22.4. The molecule has 1 fully saturated rings. The van der Waals surface area contributed by atoms with Crippen molar-refractivity contribution in [3.05, 3.63) is 84.5 Å². The van der Waals surface area contributed by atoms with Gasteiger partial charge >= 0.3 is 0 Å². The molecule has 2 aromatic rings. The molecule has 2 aliphatic heterocycles. The lowest BCUT2D eigenvalue weighted by molar-refractivity contribution is -0.130. The smallest absolute Gasteiger partial charge is 0.261 e. The average Bonchev–Trinajstić information content (AvgIpc) is 3.22. The van der Waals surface area contributed by atoms with Gasteiger partial charge in [0.15, 0.2) is 5.78 Å². The molecular formula is C31H38O3Si. The molecule has 2 bridgehead atoms. The quantitative estimate of drug-likeness (QED) is 0.417. The fourth-order valence-electron chi connectivity index (χ4n) is 6.50. The highest BCUT2D eigenvalue weighted by atomic mass is 28.4. The van der Waals surface area contributed by atoms with Gasteiger partial charge in [0, 0.05) is 12.3 Å². The van der Waals surface area contributed by atoms with E-state index in [-0.39, 0.29) is 35.1 Å². The Hall–Kier alpha value is -2.27. The summed E-state index contributed by atoms with van der Waals surface area (Å²) in [5.74, 6) is 0.723. The van der Waals surface area contributed by atoms with Crippen molar-refractivity contribution in [2.24, 2.45) is 11.8 Å². The van der Waals surface area contributed by atoms with Crippen LogP contribution in [0, 0.1) is 11.8 Å². The van der Waals surface area contributed by atoms with Gasteiger partial charge in [0.05, 0.1) is 12.2 Å². The van der Waals surface area contributed by atoms with Crippen molar-refractivity contribution in [2.75, 3.05) is 0 Å². The van der Waals surface area contributed by atoms with Crippen LogP contribution in [0.2, 0.25) is 5.04 Å². The van der Waals surface area contributed by atoms with Crippen LogP contribution in [0.1, 0.15) is 53.4 Å². The number of carbonyl (C=O) groups excluding carboxylic acids is 1. The fraction of sp³-hybridized carbons (Fsp3) is 0.452. The van der Waals surface area contributed by atoms with Gasteiger partial charge in [-0.05, 0) is 47.5 Å². The predicted octanol–water partition coefficient (Wildman–Crippen LogP) is 5.59. The highest BCUT2D eigenvalue weighted by Crippen LogP contribution is 2.45. The summed E-state index contributed by atoms with van der Waals surface area (Å²) in [6.07, 6.45) is 9.71. The first-order valence-corrected chi connectivity index (χ1v) is 15.0. The molecule has 35 heavy (non-hydrogen) atoms. The number of carbonyl (C=O) groups is 1. The van der Waals surface area contributed by atoms with Gasteiger partial charge in [-0.25, -0.2) is 0 Å². The number of ether oxygens (including phenoxy) is 1. The van der Waals surface area contributed by atoms with Crippen molar-refractivity contribution in [2.45, 2.75) is 76.7 Å². The first-order valence-electron chi connectivity index (χ1n) is 13.1. The van der Waals surface area contributed by atoms with Gasteiger partial charge < -0.3 is 9.16 Å². The fourth-order valence-corrected chi connectivity index (χ4v) is 11.1. The summed E-state index contributed by atoms with van der Waals surface area (Å²) in [4.78, 5) is 12.9. The van der Waals surface area contributed by atoms with Gasteiger partial charge in [0.1, 0.15) is 6.10 Å². The van der Waals surface area contributed by atoms with E-state index in [1.807, 2.05) is 0 Å². The second-order valence-corrected chi connectivity index (χ2v) is 15.8. The van der Waals surface area contributed by atoms with Crippen LogP contribution in [0.3, 0.4) is 0 Å². The van der Waals surface area contributed by atoms with Crippen LogP contribution in [0.4, 0.5) is 0 Å². The van der Waals surface area contributed by atoms with Crippen LogP contribution < -0.4 is 10.4 Å². The lowest BCUT2D eigenvalue weighted by atomic mass is 9.76. The third kappa shape index (κ3) is 4.52. The number of fused-ring (bicyclic) bond motifs is 5. The molecule has 0 spiro atoms. The SMILES string of the molecule is C/C1=C/CCC(=O)[C@H]2O[C@@H](C1)[C@H]1C[C@@H](O[Si](c3ccccc3)(c3ccccc3)C(C)(C)C)C=C[C@H]12. The summed E-state index contributed by atoms with van der Waals surface area (Å²) >= 11 is 0. The molecule has 5 rings (SSSR count). The maximum absolute atomic E-state index is 12.9. The molecule has 5 atom stereocenters. The molecule has 0 aromatic heterocycles. The van der Waals surface area contributed by atoms with E-state index in [4.69, 9.17) is 9.16 Å². The normalized spacial score (nSPS) is 30.6. The van der Waals surface area contributed by atoms with Crippen molar-refractivity contribution in [1.82, 2.24) is 0 Å². The molecule has 1 saturated heterocycles. The molecule has 3 nitrogen and oxygen atoms in total. The Kier molecular flexibility index (Phi) is 6.73. The molecule has 2 heterocycles. The average molecular weight is 487 g/mol. The predicted molar refractivity (Wildman–Crippen MR) is 145 cm³/mol. The van der Waals surface area contributed by atoms with Crippen molar-refractivity contribution in [1.29, 1.82) is 0 Å². The minimum Gasteiger partial charge on any atom is -0.401 e. The molecule has 0 N–H and O–H groups in total. The van der Waals surface area contributed by atoms with Crippen molar-refractivity contribution < 1.29 is 14.0 Å². The number of hydrogen-bond donors (Lipinski definition) is 0. The largest absolute Gasteiger partial charge is 0.401 e. The highest BCUT2D eigenvalue weighted by Gasteiger charge is 2.53. The van der Waals surface area contributed by atoms with E-state index in [2.05, 4.69) is 107 Å². The van der Waals surface area contributed by atoms with E-state index < -0.39 is 8.32 Å². The van der Waals surface area contributed by atoms with Gasteiger partial charge in [-0.1, -0.05) is 105 Å². The van der Waals surface area contributed by atoms with E-state index in [0.29, 0.717) is 12.3 Å². The Balaban J connectivity index is 1.53. The van der Waals surface area contributed by atoms with Crippen LogP contribution >= 0.6 is 0 Å². The molecule has 4 heteroatoms. The summed E-state index contributed by atoms with van der Waals surface area (Å²) < 4.78 is 13.9. The van der Waals surface area contributed by atoms with Crippen LogP contribution in [0.25, 0.3) is 0 Å². The lowest BCUT2D eigenvalue weighted by Crippen LogP contribution is -2.67. The van der Waals surface area contributed by atoms with Crippen LogP contribution in [-0.2, 0) is 14.0 Å². The second kappa shape index (κ2) is 9.65. The maximum atomic E-state index is 12.9. The number of rotatable bonds is 4. The van der Waals surface area contributed by atoms with Gasteiger partial charge in [-0.2, -0.15) is 0 Å². The summed E-state index contributed by atoms with van der Waals surface area (Å²) in [5, 5.41) is 2.54. The van der Waals surface area contributed by atoms with E-state index in [1.165, 1.54) is 15.9 Å². The summed E-state index contributed by atoms with van der Waals surface area (Å²) in [7, 11) is -2.64. The Morgan fingerprint density at radius 1 is 0.943 bits per heavy atom. The number of hydrogen-bond acceptors (Lipinski definition) is 3. The van der Waals surface area contributed by atoms with E-state index in [9.17, 15) is 4.79 Å². The van der Waals surface area contributed by atoms with Crippen LogP contribution in [-0.4, -0.2) is 32.4 Å². The molecule has 0 amide bonds. The Morgan fingerprint density at radius 2 is 1.57 bits per heavy atom. The van der Waals surface area contributed by atoms with Gasteiger partial charge in [0.2, 0.25) is 0 Å². The molecular weight excluding hydrogens is 448 g/mol. The Bertz CT molecular complexity index is 1060. The van der Waals surface area contributed by atoms with Crippen molar-refractivity contribution in [3.63, 3.8) is 0 Å². The molecule has 0 radical (unpaired) electrons. The summed E-state index contributed by atoms with van der Waals surface area (Å²) in [5.41, 5.74) is 1.34. The Labute approximate surface area is 211 Å². The van der Waals surface area contributed by atoms with Crippen molar-refractivity contribution in [3.8, 4) is 0 Å².